The highest BCUT2D eigenvalue weighted by molar-refractivity contribution is 5.71. The maximum Gasteiger partial charge on any atom is 0.410 e. The molecule has 0 rings (SSSR count). The number of carbonyl (C=O) groups excluding carboxylic acids is 2. The number of ether oxygens (including phenoxy) is 13. The van der Waals surface area contributed by atoms with E-state index in [1.165, 1.54) is 4.90 Å². The van der Waals surface area contributed by atoms with Crippen LogP contribution in [-0.4, -0.2) is 187 Å². The molecule has 0 radical (unpaired) electrons. The highest BCUT2D eigenvalue weighted by atomic mass is 16.6. The van der Waals surface area contributed by atoms with Crippen molar-refractivity contribution in [3.63, 3.8) is 0 Å². The number of carbonyl (C=O) groups is 2. The van der Waals surface area contributed by atoms with Crippen molar-refractivity contribution in [1.82, 2.24) is 4.90 Å². The summed E-state index contributed by atoms with van der Waals surface area (Å²) in [5.41, 5.74) is -1.03. The van der Waals surface area contributed by atoms with Gasteiger partial charge < -0.3 is 66.5 Å². The first-order chi connectivity index (χ1) is 23.9. The molecule has 0 aliphatic rings. The second kappa shape index (κ2) is 33.2. The van der Waals surface area contributed by atoms with Gasteiger partial charge in [-0.1, -0.05) is 0 Å². The van der Waals surface area contributed by atoms with Crippen LogP contribution in [0.5, 0.6) is 0 Å². The Hall–Kier alpha value is -1.70. The summed E-state index contributed by atoms with van der Waals surface area (Å²) < 4.78 is 70.2. The average molecular weight is 730 g/mol. The minimum atomic E-state index is -0.515. The van der Waals surface area contributed by atoms with Crippen LogP contribution < -0.4 is 0 Å². The van der Waals surface area contributed by atoms with E-state index in [-0.39, 0.29) is 12.7 Å². The van der Waals surface area contributed by atoms with E-state index in [1.807, 2.05) is 41.5 Å². The van der Waals surface area contributed by atoms with Gasteiger partial charge in [-0.05, 0) is 41.5 Å². The summed E-state index contributed by atoms with van der Waals surface area (Å²) in [5, 5.41) is 0. The van der Waals surface area contributed by atoms with Crippen LogP contribution in [0.2, 0.25) is 0 Å². The monoisotopic (exact) mass is 729 g/mol. The molecule has 0 saturated heterocycles. The van der Waals surface area contributed by atoms with Crippen LogP contribution in [0.25, 0.3) is 0 Å². The molecular formula is C34H67NO15. The van der Waals surface area contributed by atoms with Gasteiger partial charge in [0.1, 0.15) is 17.8 Å². The van der Waals surface area contributed by atoms with Crippen molar-refractivity contribution in [2.45, 2.75) is 52.7 Å². The summed E-state index contributed by atoms with van der Waals surface area (Å²) in [5.74, 6) is -0.390. The van der Waals surface area contributed by atoms with E-state index in [9.17, 15) is 9.59 Å². The lowest BCUT2D eigenvalue weighted by Crippen LogP contribution is -2.36. The molecule has 0 N–H and O–H groups in total. The maximum absolute atomic E-state index is 11.9. The van der Waals surface area contributed by atoms with Gasteiger partial charge in [-0.15, -0.1) is 0 Å². The third-order valence-electron chi connectivity index (χ3n) is 5.64. The van der Waals surface area contributed by atoms with Gasteiger partial charge >= 0.3 is 12.1 Å². The summed E-state index contributed by atoms with van der Waals surface area (Å²) in [7, 11) is 1.68. The lowest BCUT2D eigenvalue weighted by molar-refractivity contribution is -0.160. The molecule has 16 nitrogen and oxygen atoms in total. The second-order valence-electron chi connectivity index (χ2n) is 12.7. The van der Waals surface area contributed by atoms with Gasteiger partial charge in [-0.3, -0.25) is 0 Å². The maximum atomic E-state index is 11.9. The van der Waals surface area contributed by atoms with E-state index in [1.54, 1.807) is 7.05 Å². The number of hydrogen-bond acceptors (Lipinski definition) is 15. The van der Waals surface area contributed by atoms with Crippen molar-refractivity contribution >= 4 is 12.1 Å². The first kappa shape index (κ1) is 48.3. The van der Waals surface area contributed by atoms with Gasteiger partial charge in [-0.2, -0.15) is 0 Å². The molecule has 0 unspecified atom stereocenters. The zero-order valence-electron chi connectivity index (χ0n) is 31.8. The molecule has 0 aliphatic carbocycles. The Labute approximate surface area is 299 Å². The Morgan fingerprint density at radius 3 is 0.880 bits per heavy atom. The molecule has 0 spiro atoms. The number of esters is 1. The highest BCUT2D eigenvalue weighted by Crippen LogP contribution is 2.09. The summed E-state index contributed by atoms with van der Waals surface area (Å²) in [4.78, 5) is 24.8. The minimum absolute atomic E-state index is 0.0876. The van der Waals surface area contributed by atoms with Gasteiger partial charge in [0, 0.05) is 13.6 Å². The molecular weight excluding hydrogens is 662 g/mol. The number of amides is 1. The molecule has 0 aromatic heterocycles. The summed E-state index contributed by atoms with van der Waals surface area (Å²) in [6.07, 6.45) is -0.368. The molecule has 0 aromatic carbocycles. The fourth-order valence-corrected chi connectivity index (χ4v) is 3.36. The van der Waals surface area contributed by atoms with Crippen LogP contribution in [0.3, 0.4) is 0 Å². The molecule has 0 atom stereocenters. The fraction of sp³-hybridized carbons (Fsp3) is 0.941. The smallest absolute Gasteiger partial charge is 0.410 e. The van der Waals surface area contributed by atoms with Crippen LogP contribution in [0, 0.1) is 0 Å². The zero-order chi connectivity index (χ0) is 37.2. The Morgan fingerprint density at radius 1 is 0.380 bits per heavy atom. The molecule has 298 valence electrons. The standard InChI is InChI=1S/C34H67NO15/c1-33(2,3)49-31(36)30-48-29-28-47-27-26-46-25-24-45-23-22-44-21-20-43-19-18-42-17-16-41-15-14-40-13-12-39-11-10-38-9-8-35(7)32(37)50-34(4,5)6/h8-30H2,1-7H3. The van der Waals surface area contributed by atoms with Crippen molar-refractivity contribution in [3.05, 3.63) is 0 Å². The van der Waals surface area contributed by atoms with Gasteiger partial charge in [0.2, 0.25) is 0 Å². The Kier molecular flexibility index (Phi) is 32.0. The van der Waals surface area contributed by atoms with Crippen LogP contribution >= 0.6 is 0 Å². The van der Waals surface area contributed by atoms with Crippen LogP contribution in [-0.2, 0) is 66.4 Å². The second-order valence-corrected chi connectivity index (χ2v) is 12.7. The molecule has 0 fully saturated rings. The van der Waals surface area contributed by atoms with E-state index in [4.69, 9.17) is 61.6 Å². The Morgan fingerprint density at radius 2 is 0.620 bits per heavy atom. The predicted octanol–water partition coefficient (Wildman–Crippen LogP) is 2.38. The Balaban J connectivity index is 3.18. The van der Waals surface area contributed by atoms with E-state index in [2.05, 4.69) is 0 Å². The minimum Gasteiger partial charge on any atom is -0.458 e. The fourth-order valence-electron chi connectivity index (χ4n) is 3.36. The Bertz CT molecular complexity index is 777. The quantitative estimate of drug-likeness (QED) is 0.0692. The predicted molar refractivity (Wildman–Crippen MR) is 184 cm³/mol. The molecule has 16 heteroatoms. The molecule has 0 aromatic rings. The molecule has 0 aliphatic heterocycles. The first-order valence-electron chi connectivity index (χ1n) is 17.4. The van der Waals surface area contributed by atoms with Gasteiger partial charge in [-0.25, -0.2) is 9.59 Å². The summed E-state index contributed by atoms with van der Waals surface area (Å²) >= 11 is 0. The number of likely N-dealkylation sites (N-methyl/N-ethyl adjacent to an activating group) is 1. The van der Waals surface area contributed by atoms with Crippen LogP contribution in [0.15, 0.2) is 0 Å². The summed E-state index contributed by atoms with van der Waals surface area (Å²) in [6.45, 7) is 20.9. The van der Waals surface area contributed by atoms with Crippen molar-refractivity contribution in [2.24, 2.45) is 0 Å². The molecule has 0 bridgehead atoms. The van der Waals surface area contributed by atoms with Crippen molar-refractivity contribution in [3.8, 4) is 0 Å². The lowest BCUT2D eigenvalue weighted by Gasteiger charge is -2.24. The first-order valence-corrected chi connectivity index (χ1v) is 17.4. The number of rotatable bonds is 35. The van der Waals surface area contributed by atoms with Crippen LogP contribution in [0.1, 0.15) is 41.5 Å². The molecule has 0 saturated carbocycles. The largest absolute Gasteiger partial charge is 0.458 e. The van der Waals surface area contributed by atoms with Crippen LogP contribution in [0.4, 0.5) is 4.79 Å². The lowest BCUT2D eigenvalue weighted by atomic mass is 10.2. The molecule has 50 heavy (non-hydrogen) atoms. The van der Waals surface area contributed by atoms with Crippen molar-refractivity contribution in [1.29, 1.82) is 0 Å². The van der Waals surface area contributed by atoms with E-state index < -0.39 is 17.2 Å². The molecule has 0 heterocycles. The van der Waals surface area contributed by atoms with E-state index in [0.717, 1.165) is 0 Å². The molecule has 1 amide bonds. The van der Waals surface area contributed by atoms with Crippen molar-refractivity contribution < 1.29 is 71.2 Å². The third kappa shape index (κ3) is 39.1. The summed E-state index contributed by atoms with van der Waals surface area (Å²) in [6, 6.07) is 0. The van der Waals surface area contributed by atoms with E-state index in [0.29, 0.717) is 145 Å². The number of nitrogens with zero attached hydrogens (tertiary/aromatic N) is 1. The van der Waals surface area contributed by atoms with Gasteiger partial charge in [0.15, 0.2) is 0 Å². The normalized spacial score (nSPS) is 12.0. The average Bonchev–Trinajstić information content (AvgIpc) is 3.03. The van der Waals surface area contributed by atoms with E-state index >= 15 is 0 Å². The zero-order valence-corrected chi connectivity index (χ0v) is 31.8. The van der Waals surface area contributed by atoms with Gasteiger partial charge in [0.05, 0.1) is 139 Å². The van der Waals surface area contributed by atoms with Gasteiger partial charge in [0.25, 0.3) is 0 Å². The SMILES string of the molecule is CN(CCOCCOCCOCCOCCOCCOCCOCCOCCOCCOCCOCC(=O)OC(C)(C)C)C(=O)OC(C)(C)C. The highest BCUT2D eigenvalue weighted by Gasteiger charge is 2.19. The third-order valence-corrected chi connectivity index (χ3v) is 5.64. The van der Waals surface area contributed by atoms with Crippen molar-refractivity contribution in [2.75, 3.05) is 159 Å². The number of hydrogen-bond donors (Lipinski definition) is 0. The topological polar surface area (TPSA) is 157 Å².